The van der Waals surface area contributed by atoms with Gasteiger partial charge in [-0.05, 0) is 26.2 Å². The van der Waals surface area contributed by atoms with Gasteiger partial charge >= 0.3 is 11.9 Å². The second-order valence-electron chi connectivity index (χ2n) is 4.58. The summed E-state index contributed by atoms with van der Waals surface area (Å²) < 4.78 is 4.56. The predicted molar refractivity (Wildman–Crippen MR) is 65.9 cm³/mol. The first kappa shape index (κ1) is 13.3. The van der Waals surface area contributed by atoms with Crippen LogP contribution in [0.3, 0.4) is 0 Å². The third kappa shape index (κ3) is 2.49. The molecule has 0 atom stereocenters. The second-order valence-corrected chi connectivity index (χ2v) is 4.58. The van der Waals surface area contributed by atoms with Crippen LogP contribution in [0.4, 0.5) is 5.82 Å². The van der Waals surface area contributed by atoms with Gasteiger partial charge in [-0.15, -0.1) is 0 Å². The maximum atomic E-state index is 11.4. The van der Waals surface area contributed by atoms with E-state index in [1.165, 1.54) is 7.11 Å². The zero-order valence-electron chi connectivity index (χ0n) is 10.8. The number of nitrogens with zero attached hydrogens (tertiary/aromatic N) is 2. The largest absolute Gasteiger partial charge is 0.480 e. The normalized spacial score (nSPS) is 16.3. The molecule has 2 N–H and O–H groups in total. The van der Waals surface area contributed by atoms with Gasteiger partial charge in [0.1, 0.15) is 11.4 Å². The Hall–Kier alpha value is -2.18. The van der Waals surface area contributed by atoms with Crippen LogP contribution in [-0.4, -0.2) is 39.7 Å². The average molecular weight is 265 g/mol. The fourth-order valence-electron chi connectivity index (χ4n) is 1.98. The highest BCUT2D eigenvalue weighted by atomic mass is 16.5. The number of anilines is 1. The van der Waals surface area contributed by atoms with Crippen LogP contribution >= 0.6 is 0 Å². The summed E-state index contributed by atoms with van der Waals surface area (Å²) >= 11 is 0. The van der Waals surface area contributed by atoms with Gasteiger partial charge in [-0.1, -0.05) is 0 Å². The summed E-state index contributed by atoms with van der Waals surface area (Å²) in [5.74, 6) is -1.31. The molecule has 1 aromatic heterocycles. The highest BCUT2D eigenvalue weighted by Crippen LogP contribution is 2.35. The lowest BCUT2D eigenvalue weighted by Crippen LogP contribution is -2.52. The van der Waals surface area contributed by atoms with Crippen molar-refractivity contribution in [3.63, 3.8) is 0 Å². The van der Waals surface area contributed by atoms with Gasteiger partial charge in [0.15, 0.2) is 0 Å². The molecule has 7 nitrogen and oxygen atoms in total. The zero-order valence-corrected chi connectivity index (χ0v) is 10.8. The summed E-state index contributed by atoms with van der Waals surface area (Å²) in [5, 5.41) is 12.1. The number of methoxy groups -OCH3 is 1. The summed E-state index contributed by atoms with van der Waals surface area (Å²) in [4.78, 5) is 30.6. The number of rotatable bonds is 4. The molecule has 2 rings (SSSR count). The van der Waals surface area contributed by atoms with Gasteiger partial charge in [-0.2, -0.15) is 0 Å². The van der Waals surface area contributed by atoms with Crippen LogP contribution in [0.1, 0.15) is 35.6 Å². The molecule has 1 heterocycles. The van der Waals surface area contributed by atoms with Crippen molar-refractivity contribution >= 4 is 17.8 Å². The third-order valence-electron chi connectivity index (χ3n) is 3.21. The van der Waals surface area contributed by atoms with Crippen LogP contribution in [0.25, 0.3) is 0 Å². The van der Waals surface area contributed by atoms with Crippen molar-refractivity contribution in [1.82, 2.24) is 9.97 Å². The fraction of sp³-hybridized carbons (Fsp3) is 0.500. The van der Waals surface area contributed by atoms with Crippen LogP contribution in [0, 0.1) is 6.92 Å². The van der Waals surface area contributed by atoms with Crippen LogP contribution in [0.15, 0.2) is 6.07 Å². The molecular formula is C12H15N3O4. The van der Waals surface area contributed by atoms with E-state index in [4.69, 9.17) is 0 Å². The maximum Gasteiger partial charge on any atom is 0.376 e. The minimum atomic E-state index is -0.978. The number of nitrogens with one attached hydrogen (secondary N) is 1. The first-order chi connectivity index (χ1) is 8.97. The highest BCUT2D eigenvalue weighted by molar-refractivity contribution is 5.86. The van der Waals surface area contributed by atoms with Crippen molar-refractivity contribution in [1.29, 1.82) is 0 Å². The number of carboxylic acids is 1. The molecule has 0 aromatic carbocycles. The van der Waals surface area contributed by atoms with Gasteiger partial charge in [0.25, 0.3) is 0 Å². The molecule has 0 spiro atoms. The number of hydrogen-bond donors (Lipinski definition) is 2. The Labute approximate surface area is 110 Å². The number of carbonyl (C=O) groups excluding carboxylic acids is 1. The lowest BCUT2D eigenvalue weighted by Gasteiger charge is -2.38. The summed E-state index contributed by atoms with van der Waals surface area (Å²) in [6.45, 7) is 1.70. The molecule has 0 unspecified atom stereocenters. The van der Waals surface area contributed by atoms with Crippen molar-refractivity contribution in [2.24, 2.45) is 0 Å². The van der Waals surface area contributed by atoms with Crippen molar-refractivity contribution in [2.75, 3.05) is 12.4 Å². The summed E-state index contributed by atoms with van der Waals surface area (Å²) in [6.07, 6.45) is 1.94. The molecule has 1 aromatic rings. The molecule has 102 valence electrons. The summed E-state index contributed by atoms with van der Waals surface area (Å²) in [6, 6.07) is 1.61. The molecule has 0 aliphatic heterocycles. The third-order valence-corrected chi connectivity index (χ3v) is 3.21. The van der Waals surface area contributed by atoms with Crippen molar-refractivity contribution < 1.29 is 19.4 Å². The SMILES string of the molecule is COC(=O)c1nc(C)cc(NC2(C(=O)O)CCC2)n1. The minimum Gasteiger partial charge on any atom is -0.480 e. The Bertz CT molecular complexity index is 526. The van der Waals surface area contributed by atoms with E-state index in [1.807, 2.05) is 0 Å². The molecule has 1 aliphatic carbocycles. The van der Waals surface area contributed by atoms with Crippen LogP contribution in [0.2, 0.25) is 0 Å². The van der Waals surface area contributed by atoms with Crippen LogP contribution in [-0.2, 0) is 9.53 Å². The molecule has 1 aliphatic rings. The number of aromatic nitrogens is 2. The van der Waals surface area contributed by atoms with Gasteiger partial charge in [0.05, 0.1) is 7.11 Å². The molecule has 1 saturated carbocycles. The standard InChI is InChI=1S/C12H15N3O4/c1-7-6-8(14-9(13-7)10(16)19-2)15-12(11(17)18)4-3-5-12/h6H,3-5H2,1-2H3,(H,17,18)(H,13,14,15). The number of aryl methyl sites for hydroxylation is 1. The van der Waals surface area contributed by atoms with E-state index in [0.717, 1.165) is 6.42 Å². The highest BCUT2D eigenvalue weighted by Gasteiger charge is 2.44. The van der Waals surface area contributed by atoms with E-state index in [-0.39, 0.29) is 5.82 Å². The Morgan fingerprint density at radius 1 is 1.42 bits per heavy atom. The number of hydrogen-bond acceptors (Lipinski definition) is 6. The molecule has 0 radical (unpaired) electrons. The Balaban J connectivity index is 2.28. The fourth-order valence-corrected chi connectivity index (χ4v) is 1.98. The zero-order chi connectivity index (χ0) is 14.0. The lowest BCUT2D eigenvalue weighted by molar-refractivity contribution is -0.145. The van der Waals surface area contributed by atoms with Gasteiger partial charge in [0.2, 0.25) is 5.82 Å². The quantitative estimate of drug-likeness (QED) is 0.783. The smallest absolute Gasteiger partial charge is 0.376 e. The van der Waals surface area contributed by atoms with Gasteiger partial charge in [0, 0.05) is 11.8 Å². The van der Waals surface area contributed by atoms with Gasteiger partial charge < -0.3 is 15.2 Å². The Morgan fingerprint density at radius 2 is 2.11 bits per heavy atom. The second kappa shape index (κ2) is 4.83. The first-order valence-corrected chi connectivity index (χ1v) is 5.92. The predicted octanol–water partition coefficient (Wildman–Crippen LogP) is 0.991. The van der Waals surface area contributed by atoms with Gasteiger partial charge in [-0.3, -0.25) is 0 Å². The monoisotopic (exact) mass is 265 g/mol. The number of ether oxygens (including phenoxy) is 1. The summed E-state index contributed by atoms with van der Waals surface area (Å²) in [5.41, 5.74) is -0.411. The van der Waals surface area contributed by atoms with E-state index in [0.29, 0.717) is 24.4 Å². The minimum absolute atomic E-state index is 0.0788. The Morgan fingerprint density at radius 3 is 2.58 bits per heavy atom. The maximum absolute atomic E-state index is 11.4. The average Bonchev–Trinajstić information content (AvgIpc) is 2.31. The van der Waals surface area contributed by atoms with E-state index in [9.17, 15) is 14.7 Å². The Kier molecular flexibility index (Phi) is 3.37. The van der Waals surface area contributed by atoms with E-state index in [2.05, 4.69) is 20.0 Å². The number of carboxylic acid groups (broad SMARTS) is 1. The molecular weight excluding hydrogens is 250 g/mol. The molecule has 7 heteroatoms. The number of aliphatic carboxylic acids is 1. The number of carbonyl (C=O) groups is 2. The molecule has 19 heavy (non-hydrogen) atoms. The van der Waals surface area contributed by atoms with Gasteiger partial charge in [-0.25, -0.2) is 19.6 Å². The molecule has 0 amide bonds. The van der Waals surface area contributed by atoms with Crippen LogP contribution < -0.4 is 5.32 Å². The summed E-state index contributed by atoms with van der Waals surface area (Å²) in [7, 11) is 1.24. The lowest BCUT2D eigenvalue weighted by atomic mass is 9.77. The molecule has 0 saturated heterocycles. The van der Waals surface area contributed by atoms with E-state index >= 15 is 0 Å². The van der Waals surface area contributed by atoms with Crippen molar-refractivity contribution in [2.45, 2.75) is 31.7 Å². The van der Waals surface area contributed by atoms with Crippen LogP contribution in [0.5, 0.6) is 0 Å². The van der Waals surface area contributed by atoms with E-state index in [1.54, 1.807) is 13.0 Å². The topological polar surface area (TPSA) is 101 Å². The molecule has 0 bridgehead atoms. The first-order valence-electron chi connectivity index (χ1n) is 5.92. The van der Waals surface area contributed by atoms with E-state index < -0.39 is 17.5 Å². The van der Waals surface area contributed by atoms with Crippen molar-refractivity contribution in [3.8, 4) is 0 Å². The number of esters is 1. The molecule has 1 fully saturated rings. The van der Waals surface area contributed by atoms with Crippen molar-refractivity contribution in [3.05, 3.63) is 17.6 Å².